The zero-order valence-electron chi connectivity index (χ0n) is 11.8. The lowest BCUT2D eigenvalue weighted by atomic mass is 10.3. The SMILES string of the molecule is CCCS(=O)(=O)Nc1ccc(Oc2ccc(Cl)cc2Cl)cc1. The predicted molar refractivity (Wildman–Crippen MR) is 90.7 cm³/mol. The van der Waals surface area contributed by atoms with Gasteiger partial charge in [0.2, 0.25) is 10.0 Å². The van der Waals surface area contributed by atoms with Crippen molar-refractivity contribution >= 4 is 38.9 Å². The zero-order chi connectivity index (χ0) is 16.2. The lowest BCUT2D eigenvalue weighted by molar-refractivity contribution is 0.483. The van der Waals surface area contributed by atoms with Crippen LogP contribution in [0.2, 0.25) is 10.0 Å². The molecule has 0 aliphatic rings. The van der Waals surface area contributed by atoms with E-state index in [1.54, 1.807) is 42.5 Å². The lowest BCUT2D eigenvalue weighted by Crippen LogP contribution is -2.15. The number of nitrogens with one attached hydrogen (secondary N) is 1. The van der Waals surface area contributed by atoms with E-state index in [1.165, 1.54) is 0 Å². The van der Waals surface area contributed by atoms with Crippen LogP contribution in [0.5, 0.6) is 11.5 Å². The van der Waals surface area contributed by atoms with Gasteiger partial charge in [0.1, 0.15) is 11.5 Å². The fourth-order valence-electron chi connectivity index (χ4n) is 1.78. The van der Waals surface area contributed by atoms with E-state index in [0.29, 0.717) is 33.7 Å². The second-order valence-corrected chi connectivity index (χ2v) is 7.31. The molecule has 0 atom stereocenters. The van der Waals surface area contributed by atoms with Crippen molar-refractivity contribution in [3.63, 3.8) is 0 Å². The van der Waals surface area contributed by atoms with Crippen LogP contribution in [-0.4, -0.2) is 14.2 Å². The van der Waals surface area contributed by atoms with Crippen LogP contribution in [0.25, 0.3) is 0 Å². The maximum Gasteiger partial charge on any atom is 0.232 e. The molecule has 22 heavy (non-hydrogen) atoms. The van der Waals surface area contributed by atoms with Crippen LogP contribution < -0.4 is 9.46 Å². The summed E-state index contributed by atoms with van der Waals surface area (Å²) in [7, 11) is -3.29. The van der Waals surface area contributed by atoms with Crippen molar-refractivity contribution in [3.8, 4) is 11.5 Å². The van der Waals surface area contributed by atoms with E-state index < -0.39 is 10.0 Å². The van der Waals surface area contributed by atoms with Crippen molar-refractivity contribution in [2.45, 2.75) is 13.3 Å². The summed E-state index contributed by atoms with van der Waals surface area (Å²) in [6.45, 7) is 1.81. The van der Waals surface area contributed by atoms with Crippen LogP contribution >= 0.6 is 23.2 Å². The number of halogens is 2. The average Bonchev–Trinajstić information content (AvgIpc) is 2.43. The first-order valence-corrected chi connectivity index (χ1v) is 9.04. The van der Waals surface area contributed by atoms with Crippen LogP contribution in [0.15, 0.2) is 42.5 Å². The lowest BCUT2D eigenvalue weighted by Gasteiger charge is -2.10. The van der Waals surface area contributed by atoms with E-state index >= 15 is 0 Å². The van der Waals surface area contributed by atoms with Crippen molar-refractivity contribution < 1.29 is 13.2 Å². The summed E-state index contributed by atoms with van der Waals surface area (Å²) in [6.07, 6.45) is 0.561. The molecule has 0 aliphatic carbocycles. The molecule has 0 saturated carbocycles. The monoisotopic (exact) mass is 359 g/mol. The maximum absolute atomic E-state index is 11.7. The number of hydrogen-bond acceptors (Lipinski definition) is 3. The number of anilines is 1. The summed E-state index contributed by atoms with van der Waals surface area (Å²) in [5, 5.41) is 0.929. The molecule has 4 nitrogen and oxygen atoms in total. The Balaban J connectivity index is 2.09. The van der Waals surface area contributed by atoms with Gasteiger partial charge in [0.15, 0.2) is 0 Å². The molecule has 118 valence electrons. The minimum Gasteiger partial charge on any atom is -0.456 e. The third kappa shape index (κ3) is 4.80. The quantitative estimate of drug-likeness (QED) is 0.794. The Bertz CT molecular complexity index is 746. The molecule has 0 fully saturated rings. The van der Waals surface area contributed by atoms with E-state index in [4.69, 9.17) is 27.9 Å². The van der Waals surface area contributed by atoms with Crippen molar-refractivity contribution in [2.24, 2.45) is 0 Å². The highest BCUT2D eigenvalue weighted by Gasteiger charge is 2.09. The number of benzene rings is 2. The zero-order valence-corrected chi connectivity index (χ0v) is 14.2. The minimum absolute atomic E-state index is 0.0889. The van der Waals surface area contributed by atoms with Gasteiger partial charge >= 0.3 is 0 Å². The van der Waals surface area contributed by atoms with Gasteiger partial charge in [0.05, 0.1) is 10.8 Å². The topological polar surface area (TPSA) is 55.4 Å². The van der Waals surface area contributed by atoms with Crippen molar-refractivity contribution in [2.75, 3.05) is 10.5 Å². The molecule has 1 N–H and O–H groups in total. The molecule has 0 radical (unpaired) electrons. The smallest absolute Gasteiger partial charge is 0.232 e. The Labute approximate surface area is 140 Å². The minimum atomic E-state index is -3.29. The molecule has 2 rings (SSSR count). The second kappa shape index (κ2) is 7.22. The summed E-state index contributed by atoms with van der Waals surface area (Å²) in [4.78, 5) is 0. The molecule has 0 unspecified atom stereocenters. The summed E-state index contributed by atoms with van der Waals surface area (Å²) < 4.78 is 31.5. The first kappa shape index (κ1) is 16.9. The third-order valence-electron chi connectivity index (χ3n) is 2.72. The van der Waals surface area contributed by atoms with Gasteiger partial charge in [-0.05, 0) is 48.9 Å². The fourth-order valence-corrected chi connectivity index (χ4v) is 3.36. The fraction of sp³-hybridized carbons (Fsp3) is 0.200. The Morgan fingerprint density at radius 2 is 1.77 bits per heavy atom. The van der Waals surface area contributed by atoms with Gasteiger partial charge < -0.3 is 4.74 Å². The molecule has 0 bridgehead atoms. The van der Waals surface area contributed by atoms with Crippen LogP contribution in [0.1, 0.15) is 13.3 Å². The van der Waals surface area contributed by atoms with Crippen molar-refractivity contribution in [1.82, 2.24) is 0 Å². The van der Waals surface area contributed by atoms with Crippen LogP contribution in [0, 0.1) is 0 Å². The molecule has 0 saturated heterocycles. The summed E-state index contributed by atoms with van der Waals surface area (Å²) >= 11 is 11.9. The van der Waals surface area contributed by atoms with Crippen LogP contribution in [0.3, 0.4) is 0 Å². The number of ether oxygens (including phenoxy) is 1. The molecule has 0 spiro atoms. The average molecular weight is 360 g/mol. The summed E-state index contributed by atoms with van der Waals surface area (Å²) in [5.74, 6) is 1.11. The predicted octanol–water partition coefficient (Wildman–Crippen LogP) is 4.94. The van der Waals surface area contributed by atoms with E-state index in [0.717, 1.165) is 0 Å². The van der Waals surface area contributed by atoms with Crippen LogP contribution in [-0.2, 0) is 10.0 Å². The van der Waals surface area contributed by atoms with Gasteiger partial charge in [-0.2, -0.15) is 0 Å². The Morgan fingerprint density at radius 1 is 1.09 bits per heavy atom. The molecule has 0 heterocycles. The van der Waals surface area contributed by atoms with E-state index in [-0.39, 0.29) is 5.75 Å². The Hall–Kier alpha value is -1.43. The highest BCUT2D eigenvalue weighted by molar-refractivity contribution is 7.92. The number of hydrogen-bond donors (Lipinski definition) is 1. The summed E-state index contributed by atoms with van der Waals surface area (Å²) in [5.41, 5.74) is 0.489. The van der Waals surface area contributed by atoms with Gasteiger partial charge in [0.25, 0.3) is 0 Å². The molecular formula is C15H15Cl2NO3S. The molecule has 2 aromatic carbocycles. The maximum atomic E-state index is 11.7. The second-order valence-electron chi connectivity index (χ2n) is 4.62. The largest absolute Gasteiger partial charge is 0.456 e. The molecular weight excluding hydrogens is 345 g/mol. The summed E-state index contributed by atoms with van der Waals surface area (Å²) in [6, 6.07) is 11.5. The van der Waals surface area contributed by atoms with E-state index in [1.807, 2.05) is 6.92 Å². The van der Waals surface area contributed by atoms with Gasteiger partial charge in [-0.25, -0.2) is 8.42 Å². The van der Waals surface area contributed by atoms with Crippen molar-refractivity contribution in [3.05, 3.63) is 52.5 Å². The van der Waals surface area contributed by atoms with E-state index in [2.05, 4.69) is 4.72 Å². The number of sulfonamides is 1. The molecule has 7 heteroatoms. The van der Waals surface area contributed by atoms with Gasteiger partial charge in [0, 0.05) is 10.7 Å². The first-order valence-electron chi connectivity index (χ1n) is 6.63. The van der Waals surface area contributed by atoms with Gasteiger partial charge in [-0.3, -0.25) is 4.72 Å². The normalized spacial score (nSPS) is 11.2. The van der Waals surface area contributed by atoms with Crippen molar-refractivity contribution in [1.29, 1.82) is 0 Å². The van der Waals surface area contributed by atoms with Crippen LogP contribution in [0.4, 0.5) is 5.69 Å². The molecule has 0 aromatic heterocycles. The Morgan fingerprint density at radius 3 is 2.36 bits per heavy atom. The number of rotatable bonds is 6. The third-order valence-corrected chi connectivity index (χ3v) is 4.75. The standard InChI is InChI=1S/C15H15Cl2NO3S/c1-2-9-22(19,20)18-12-4-6-13(7-5-12)21-15-8-3-11(16)10-14(15)17/h3-8,10,18H,2,9H2,1H3. The first-order chi connectivity index (χ1) is 10.4. The van der Waals surface area contributed by atoms with Gasteiger partial charge in [-0.15, -0.1) is 0 Å². The highest BCUT2D eigenvalue weighted by atomic mass is 35.5. The molecule has 0 aliphatic heterocycles. The Kier molecular flexibility index (Phi) is 5.56. The van der Waals surface area contributed by atoms with Gasteiger partial charge in [-0.1, -0.05) is 30.1 Å². The highest BCUT2D eigenvalue weighted by Crippen LogP contribution is 2.31. The molecule has 2 aromatic rings. The van der Waals surface area contributed by atoms with E-state index in [9.17, 15) is 8.42 Å². The molecule has 0 amide bonds.